The zero-order chi connectivity index (χ0) is 55.4. The fourth-order valence-electron chi connectivity index (χ4n) is 8.74. The smallest absolute Gasteiger partial charge is 0.255 e. The quantitative estimate of drug-likeness (QED) is 0.0845. The topological polar surface area (TPSA) is 180 Å². The number of aromatic nitrogens is 2. The molecular weight excluding hydrogens is 1020 g/mol. The molecule has 0 saturated carbocycles. The van der Waals surface area contributed by atoms with Crippen molar-refractivity contribution in [1.82, 2.24) is 0 Å². The molecule has 10 aromatic rings. The maximum Gasteiger partial charge on any atom is 0.255 e. The van der Waals surface area contributed by atoms with E-state index < -0.39 is 20.2 Å². The molecule has 0 unspecified atom stereocenters. The second kappa shape index (κ2) is 25.0. The summed E-state index contributed by atoms with van der Waals surface area (Å²) in [5.41, 5.74) is 13.4. The standard InChI is InChI=1S/C50H42N4O2.2C7H8O3S/c1-3-29-53-31-5-7-43-33-45(25-27-47(43)53)51-49(55)41-21-17-39(18-22-41)37-13-9-35(10-14-37)36-11-15-38(16-12-36)40-19-23-42(24-20-40)50(56)52-46-26-28-48-44(34-46)8-6-32-54(48)30-4-2;2*1-6-2-4-7(5-3-6)11(8,9)10/h5-28,31-34H,3-4,29-30H2,1-2H3;2*2-5H,1H3,(H,8,9,10). The molecule has 0 aliphatic carbocycles. The van der Waals surface area contributed by atoms with Gasteiger partial charge in [-0.2, -0.15) is 9.13 Å². The lowest BCUT2D eigenvalue weighted by Gasteiger charge is -2.09. The minimum absolute atomic E-state index is 0.134. The molecule has 2 heterocycles. The van der Waals surface area contributed by atoms with Gasteiger partial charge in [0.15, 0.2) is 12.4 Å². The normalized spacial score (nSPS) is 11.2. The van der Waals surface area contributed by atoms with E-state index >= 15 is 0 Å². The lowest BCUT2D eigenvalue weighted by molar-refractivity contribution is -0.671. The average molecular weight is 1080 g/mol. The van der Waals surface area contributed by atoms with Gasteiger partial charge in [0, 0.05) is 70.4 Å². The number of rotatable bonds is 13. The number of carbonyl (C=O) groups excluding carboxylic acids is 2. The fourth-order valence-corrected chi connectivity index (χ4v) is 9.68. The summed E-state index contributed by atoms with van der Waals surface area (Å²) < 4.78 is 66.8. The first-order chi connectivity index (χ1) is 37.4. The molecule has 12 nitrogen and oxygen atoms in total. The molecule has 0 spiro atoms. The van der Waals surface area contributed by atoms with Crippen LogP contribution in [-0.2, 0) is 33.3 Å². The summed E-state index contributed by atoms with van der Waals surface area (Å²) >= 11 is 0. The molecule has 0 radical (unpaired) electrons. The van der Waals surface area contributed by atoms with Crippen LogP contribution in [0.4, 0.5) is 11.4 Å². The Kier molecular flexibility index (Phi) is 17.8. The van der Waals surface area contributed by atoms with Crippen molar-refractivity contribution in [3.05, 3.63) is 241 Å². The predicted molar refractivity (Wildman–Crippen MR) is 306 cm³/mol. The minimum atomic E-state index is -4.27. The second-order valence-corrected chi connectivity index (χ2v) is 21.5. The Morgan fingerprint density at radius 2 is 0.705 bits per heavy atom. The van der Waals surface area contributed by atoms with Crippen LogP contribution in [-0.4, -0.2) is 37.8 Å². The molecule has 0 aliphatic rings. The van der Waals surface area contributed by atoms with Crippen molar-refractivity contribution in [3.8, 4) is 33.4 Å². The van der Waals surface area contributed by atoms with E-state index in [0.29, 0.717) is 11.1 Å². The third kappa shape index (κ3) is 14.4. The van der Waals surface area contributed by atoms with E-state index in [9.17, 15) is 35.5 Å². The van der Waals surface area contributed by atoms with Crippen LogP contribution in [0.1, 0.15) is 58.5 Å². The highest BCUT2D eigenvalue weighted by molar-refractivity contribution is 7.86. The fraction of sp³-hybridized carbons (Fsp3) is 0.125. The molecular formula is C64H58N4O8S2. The maximum atomic E-state index is 13.1. The molecule has 2 amide bonds. The van der Waals surface area contributed by atoms with Crippen molar-refractivity contribution in [2.75, 3.05) is 10.6 Å². The van der Waals surface area contributed by atoms with Crippen molar-refractivity contribution in [1.29, 1.82) is 0 Å². The van der Waals surface area contributed by atoms with Crippen LogP contribution in [0, 0.1) is 13.8 Å². The molecule has 0 bridgehead atoms. The van der Waals surface area contributed by atoms with Gasteiger partial charge in [0.2, 0.25) is 11.0 Å². The van der Waals surface area contributed by atoms with E-state index in [0.717, 1.165) is 104 Å². The molecule has 2 N–H and O–H groups in total. The van der Waals surface area contributed by atoms with Crippen LogP contribution >= 0.6 is 0 Å². The molecule has 2 aromatic heterocycles. The number of aryl methyl sites for hydroxylation is 4. The van der Waals surface area contributed by atoms with Crippen LogP contribution in [0.5, 0.6) is 0 Å². The maximum absolute atomic E-state index is 13.1. The molecule has 0 atom stereocenters. The van der Waals surface area contributed by atoms with Gasteiger partial charge >= 0.3 is 0 Å². The summed E-state index contributed by atoms with van der Waals surface area (Å²) in [7, 11) is -8.54. The lowest BCUT2D eigenvalue weighted by atomic mass is 9.97. The molecule has 14 heteroatoms. The summed E-state index contributed by atoms with van der Waals surface area (Å²) in [5, 5.41) is 8.31. The first-order valence-electron chi connectivity index (χ1n) is 25.4. The second-order valence-electron chi connectivity index (χ2n) is 18.7. The number of fused-ring (bicyclic) bond motifs is 2. The number of benzene rings is 8. The number of pyridine rings is 2. The highest BCUT2D eigenvalue weighted by atomic mass is 32.2. The molecule has 0 fully saturated rings. The van der Waals surface area contributed by atoms with Crippen LogP contribution in [0.15, 0.2) is 228 Å². The van der Waals surface area contributed by atoms with Gasteiger partial charge in [0.25, 0.3) is 11.8 Å². The van der Waals surface area contributed by atoms with E-state index in [2.05, 4.69) is 119 Å². The Bertz CT molecular complexity index is 3690. The SMILES string of the molecule is CCC[n+]1cccc2cc(NC(=O)c3ccc(-c4ccc(-c5ccc(-c6ccc(C(=O)Nc7ccc8c(ccc[n+]8CCC)c7)cc6)cc5)cc4)cc3)ccc21.Cc1ccc(S(=O)(=O)[O-])cc1.Cc1ccc(S(=O)(=O)[O-])cc1. The number of amides is 2. The molecule has 78 heavy (non-hydrogen) atoms. The summed E-state index contributed by atoms with van der Waals surface area (Å²) in [6.07, 6.45) is 6.31. The molecule has 394 valence electrons. The third-order valence-electron chi connectivity index (χ3n) is 12.9. The summed E-state index contributed by atoms with van der Waals surface area (Å²) in [6, 6.07) is 64.3. The van der Waals surface area contributed by atoms with E-state index in [1.165, 1.54) is 24.3 Å². The number of nitrogens with zero attached hydrogens (tertiary/aromatic N) is 2. The van der Waals surface area contributed by atoms with Gasteiger partial charge in [0.05, 0.1) is 9.79 Å². The first-order valence-corrected chi connectivity index (χ1v) is 28.2. The van der Waals surface area contributed by atoms with Crippen molar-refractivity contribution < 1.29 is 44.7 Å². The number of anilines is 2. The van der Waals surface area contributed by atoms with Crippen LogP contribution in [0.3, 0.4) is 0 Å². The van der Waals surface area contributed by atoms with Gasteiger partial charge in [-0.05, 0) is 132 Å². The van der Waals surface area contributed by atoms with Crippen molar-refractivity contribution in [2.24, 2.45) is 0 Å². The number of hydrogen-bond acceptors (Lipinski definition) is 8. The summed E-state index contributed by atoms with van der Waals surface area (Å²) in [4.78, 5) is 25.9. The van der Waals surface area contributed by atoms with E-state index in [4.69, 9.17) is 0 Å². The van der Waals surface area contributed by atoms with Gasteiger partial charge in [-0.25, -0.2) is 16.8 Å². The van der Waals surface area contributed by atoms with Crippen molar-refractivity contribution in [3.63, 3.8) is 0 Å². The predicted octanol–water partition coefficient (Wildman–Crippen LogP) is 12.7. The average Bonchev–Trinajstić information content (AvgIpc) is 3.48. The molecule has 8 aromatic carbocycles. The van der Waals surface area contributed by atoms with Gasteiger partial charge in [-0.1, -0.05) is 122 Å². The summed E-state index contributed by atoms with van der Waals surface area (Å²) in [6.45, 7) is 9.90. The van der Waals surface area contributed by atoms with E-state index in [1.54, 1.807) is 24.3 Å². The van der Waals surface area contributed by atoms with E-state index in [-0.39, 0.29) is 21.6 Å². The van der Waals surface area contributed by atoms with Gasteiger partial charge in [0.1, 0.15) is 33.3 Å². The van der Waals surface area contributed by atoms with Crippen molar-refractivity contribution in [2.45, 2.75) is 63.4 Å². The Morgan fingerprint density at radius 3 is 0.987 bits per heavy atom. The Morgan fingerprint density at radius 1 is 0.410 bits per heavy atom. The molecule has 10 rings (SSSR count). The Labute approximate surface area is 455 Å². The van der Waals surface area contributed by atoms with Crippen LogP contribution < -0.4 is 19.8 Å². The van der Waals surface area contributed by atoms with Gasteiger partial charge in [-0.15, -0.1) is 0 Å². The Balaban J connectivity index is 0.000000301. The summed E-state index contributed by atoms with van der Waals surface area (Å²) in [5.74, 6) is -0.268. The highest BCUT2D eigenvalue weighted by Crippen LogP contribution is 2.29. The van der Waals surface area contributed by atoms with Crippen LogP contribution in [0.25, 0.3) is 55.2 Å². The number of nitrogens with one attached hydrogen (secondary N) is 2. The van der Waals surface area contributed by atoms with Crippen LogP contribution in [0.2, 0.25) is 0 Å². The minimum Gasteiger partial charge on any atom is -0.744 e. The molecule has 0 aliphatic heterocycles. The zero-order valence-corrected chi connectivity index (χ0v) is 45.2. The van der Waals surface area contributed by atoms with Crippen molar-refractivity contribution >= 4 is 65.2 Å². The number of hydrogen-bond donors (Lipinski definition) is 2. The molecule has 0 saturated heterocycles. The van der Waals surface area contributed by atoms with E-state index in [1.807, 2.05) is 98.8 Å². The zero-order valence-electron chi connectivity index (χ0n) is 43.6. The Hall–Kier alpha value is -8.66. The van der Waals surface area contributed by atoms with Gasteiger partial charge in [-0.3, -0.25) is 9.59 Å². The monoisotopic (exact) mass is 1070 g/mol. The lowest BCUT2D eigenvalue weighted by Crippen LogP contribution is -2.33. The number of carbonyl (C=O) groups is 2. The largest absolute Gasteiger partial charge is 0.744 e. The third-order valence-corrected chi connectivity index (χ3v) is 14.6. The van der Waals surface area contributed by atoms with Gasteiger partial charge < -0.3 is 19.7 Å². The highest BCUT2D eigenvalue weighted by Gasteiger charge is 2.14. The first kappa shape index (κ1) is 55.6.